The van der Waals surface area contributed by atoms with E-state index in [-0.39, 0.29) is 35.8 Å². The van der Waals surface area contributed by atoms with Gasteiger partial charge in [-0.15, -0.1) is 24.0 Å². The molecule has 2 aromatic rings. The van der Waals surface area contributed by atoms with Crippen LogP contribution in [0, 0.1) is 5.92 Å². The van der Waals surface area contributed by atoms with Gasteiger partial charge >= 0.3 is 0 Å². The van der Waals surface area contributed by atoms with Crippen LogP contribution in [0.5, 0.6) is 0 Å². The Kier molecular flexibility index (Phi) is 10.2. The summed E-state index contributed by atoms with van der Waals surface area (Å²) in [6.45, 7) is 6.77. The normalized spacial score (nSPS) is 16.4. The Morgan fingerprint density at radius 2 is 2.09 bits per heavy atom. The molecule has 1 saturated heterocycles. The van der Waals surface area contributed by atoms with Crippen LogP contribution in [0.2, 0.25) is 0 Å². The molecule has 0 aliphatic carbocycles. The number of halogens is 1. The SMILES string of the molecule is CCc1noc(CC)c1CNC(=NC)NCc1cccnc1N1CCCC(C(N)=O)C1.I. The maximum Gasteiger partial charge on any atom is 0.222 e. The summed E-state index contributed by atoms with van der Waals surface area (Å²) in [5.74, 6) is 2.11. The van der Waals surface area contributed by atoms with Crippen LogP contribution in [0.3, 0.4) is 0 Å². The van der Waals surface area contributed by atoms with Gasteiger partial charge in [0.2, 0.25) is 5.91 Å². The van der Waals surface area contributed by atoms with Crippen molar-refractivity contribution < 1.29 is 9.32 Å². The van der Waals surface area contributed by atoms with Crippen molar-refractivity contribution in [3.63, 3.8) is 0 Å². The number of hydrogen-bond donors (Lipinski definition) is 3. The van der Waals surface area contributed by atoms with Gasteiger partial charge in [-0.1, -0.05) is 25.1 Å². The van der Waals surface area contributed by atoms with Crippen LogP contribution in [0.25, 0.3) is 0 Å². The van der Waals surface area contributed by atoms with Crippen molar-refractivity contribution in [3.05, 3.63) is 40.9 Å². The lowest BCUT2D eigenvalue weighted by Gasteiger charge is -2.33. The van der Waals surface area contributed by atoms with E-state index in [0.717, 1.165) is 60.6 Å². The van der Waals surface area contributed by atoms with Gasteiger partial charge in [0.1, 0.15) is 11.6 Å². The van der Waals surface area contributed by atoms with Crippen LogP contribution in [0.15, 0.2) is 27.8 Å². The monoisotopic (exact) mass is 555 g/mol. The highest BCUT2D eigenvalue weighted by Crippen LogP contribution is 2.24. The van der Waals surface area contributed by atoms with Gasteiger partial charge in [-0.2, -0.15) is 0 Å². The third-order valence-electron chi connectivity index (χ3n) is 5.70. The van der Waals surface area contributed by atoms with E-state index < -0.39 is 0 Å². The summed E-state index contributed by atoms with van der Waals surface area (Å²) in [4.78, 5) is 22.7. The molecule has 32 heavy (non-hydrogen) atoms. The zero-order valence-electron chi connectivity index (χ0n) is 19.1. The second kappa shape index (κ2) is 12.6. The first kappa shape index (κ1) is 25.9. The van der Waals surface area contributed by atoms with Gasteiger partial charge < -0.3 is 25.8 Å². The number of anilines is 1. The molecule has 176 valence electrons. The van der Waals surface area contributed by atoms with E-state index in [9.17, 15) is 4.79 Å². The Hall–Kier alpha value is -2.37. The van der Waals surface area contributed by atoms with E-state index in [2.05, 4.69) is 44.5 Å². The fourth-order valence-corrected chi connectivity index (χ4v) is 3.96. The summed E-state index contributed by atoms with van der Waals surface area (Å²) in [7, 11) is 1.75. The molecule has 0 saturated carbocycles. The number of rotatable bonds is 8. The Bertz CT molecular complexity index is 894. The maximum atomic E-state index is 11.7. The Morgan fingerprint density at radius 3 is 2.78 bits per heavy atom. The highest BCUT2D eigenvalue weighted by atomic mass is 127. The highest BCUT2D eigenvalue weighted by molar-refractivity contribution is 14.0. The molecular formula is C22H34IN7O2. The van der Waals surface area contributed by atoms with Crippen molar-refractivity contribution in [1.29, 1.82) is 0 Å². The van der Waals surface area contributed by atoms with Gasteiger partial charge in [0.15, 0.2) is 5.96 Å². The van der Waals surface area contributed by atoms with Gasteiger partial charge in [-0.3, -0.25) is 9.79 Å². The van der Waals surface area contributed by atoms with Crippen LogP contribution >= 0.6 is 24.0 Å². The maximum absolute atomic E-state index is 11.7. The third kappa shape index (κ3) is 6.33. The second-order valence-corrected chi connectivity index (χ2v) is 7.69. The number of nitrogens with two attached hydrogens (primary N) is 1. The topological polar surface area (TPSA) is 122 Å². The van der Waals surface area contributed by atoms with Crippen molar-refractivity contribution in [2.45, 2.75) is 52.6 Å². The molecule has 0 aromatic carbocycles. The molecular weight excluding hydrogens is 521 g/mol. The zero-order chi connectivity index (χ0) is 22.2. The predicted octanol–water partition coefficient (Wildman–Crippen LogP) is 2.38. The number of pyridine rings is 1. The molecule has 1 fully saturated rings. The molecule has 0 bridgehead atoms. The minimum Gasteiger partial charge on any atom is -0.369 e. The number of aliphatic imine (C=N–C) groups is 1. The molecule has 1 atom stereocenters. The lowest BCUT2D eigenvalue weighted by atomic mass is 9.97. The van der Waals surface area contributed by atoms with Gasteiger partial charge in [0.25, 0.3) is 0 Å². The van der Waals surface area contributed by atoms with E-state index in [1.807, 2.05) is 12.1 Å². The van der Waals surface area contributed by atoms with Gasteiger partial charge in [-0.25, -0.2) is 4.98 Å². The number of nitrogens with zero attached hydrogens (tertiary/aromatic N) is 4. The highest BCUT2D eigenvalue weighted by Gasteiger charge is 2.26. The van der Waals surface area contributed by atoms with E-state index in [1.54, 1.807) is 13.2 Å². The zero-order valence-corrected chi connectivity index (χ0v) is 21.4. The number of carbonyl (C=O) groups excluding carboxylic acids is 1. The van der Waals surface area contributed by atoms with Crippen molar-refractivity contribution in [2.24, 2.45) is 16.6 Å². The second-order valence-electron chi connectivity index (χ2n) is 7.69. The molecule has 1 aliphatic rings. The Labute approximate surface area is 206 Å². The Balaban J connectivity index is 0.00000363. The molecule has 0 radical (unpaired) electrons. The Morgan fingerprint density at radius 1 is 1.31 bits per heavy atom. The predicted molar refractivity (Wildman–Crippen MR) is 136 cm³/mol. The number of guanidine groups is 1. The van der Waals surface area contributed by atoms with Crippen molar-refractivity contribution in [2.75, 3.05) is 25.0 Å². The van der Waals surface area contributed by atoms with E-state index in [4.69, 9.17) is 10.3 Å². The number of aryl methyl sites for hydroxylation is 2. The van der Waals surface area contributed by atoms with Crippen molar-refractivity contribution in [3.8, 4) is 0 Å². The number of hydrogen-bond acceptors (Lipinski definition) is 6. The molecule has 3 heterocycles. The van der Waals surface area contributed by atoms with E-state index in [0.29, 0.717) is 25.6 Å². The number of amides is 1. The first-order valence-electron chi connectivity index (χ1n) is 11.0. The molecule has 9 nitrogen and oxygen atoms in total. The quantitative estimate of drug-likeness (QED) is 0.260. The number of aromatic nitrogens is 2. The summed E-state index contributed by atoms with van der Waals surface area (Å²) in [6.07, 6.45) is 5.18. The van der Waals surface area contributed by atoms with Crippen LogP contribution in [0.1, 0.15) is 49.3 Å². The minimum absolute atomic E-state index is 0. The summed E-state index contributed by atoms with van der Waals surface area (Å²) in [5, 5.41) is 10.9. The first-order chi connectivity index (χ1) is 15.1. The molecule has 10 heteroatoms. The van der Waals surface area contributed by atoms with Crippen LogP contribution in [-0.2, 0) is 30.7 Å². The fourth-order valence-electron chi connectivity index (χ4n) is 3.96. The summed E-state index contributed by atoms with van der Waals surface area (Å²) < 4.78 is 5.44. The fraction of sp³-hybridized carbons (Fsp3) is 0.545. The molecule has 1 amide bonds. The van der Waals surface area contributed by atoms with Crippen molar-refractivity contribution in [1.82, 2.24) is 20.8 Å². The van der Waals surface area contributed by atoms with E-state index in [1.165, 1.54) is 0 Å². The summed E-state index contributed by atoms with van der Waals surface area (Å²) >= 11 is 0. The lowest BCUT2D eigenvalue weighted by molar-refractivity contribution is -0.122. The number of primary amides is 1. The van der Waals surface area contributed by atoms with E-state index >= 15 is 0 Å². The standard InChI is InChI=1S/C22H33N7O2.HI/c1-4-18-17(19(5-2)31-28-18)13-27-22(24-3)26-12-15-8-6-10-25-21(15)29-11-7-9-16(14-29)20(23)30;/h6,8,10,16H,4-5,7,9,11-14H2,1-3H3,(H2,23,30)(H2,24,26,27);1H. The lowest BCUT2D eigenvalue weighted by Crippen LogP contribution is -2.42. The molecule has 2 aromatic heterocycles. The molecule has 4 N–H and O–H groups in total. The molecule has 1 aliphatic heterocycles. The summed E-state index contributed by atoms with van der Waals surface area (Å²) in [6, 6.07) is 3.96. The largest absolute Gasteiger partial charge is 0.369 e. The summed E-state index contributed by atoms with van der Waals surface area (Å²) in [5.41, 5.74) is 8.66. The number of nitrogens with one attached hydrogen (secondary N) is 2. The van der Waals surface area contributed by atoms with Crippen molar-refractivity contribution >= 4 is 41.7 Å². The smallest absolute Gasteiger partial charge is 0.222 e. The van der Waals surface area contributed by atoms with Gasteiger partial charge in [-0.05, 0) is 25.3 Å². The molecule has 1 unspecified atom stereocenters. The van der Waals surface area contributed by atoms with Gasteiger partial charge in [0, 0.05) is 57.0 Å². The number of piperidine rings is 1. The van der Waals surface area contributed by atoms with Crippen LogP contribution in [-0.4, -0.2) is 42.1 Å². The van der Waals surface area contributed by atoms with Crippen LogP contribution < -0.4 is 21.3 Å². The average molecular weight is 555 g/mol. The third-order valence-corrected chi connectivity index (χ3v) is 5.70. The van der Waals surface area contributed by atoms with Crippen LogP contribution in [0.4, 0.5) is 5.82 Å². The minimum atomic E-state index is -0.239. The number of carbonyl (C=O) groups is 1. The first-order valence-corrected chi connectivity index (χ1v) is 11.0. The average Bonchev–Trinajstić information content (AvgIpc) is 3.21. The molecule has 0 spiro atoms. The molecule has 3 rings (SSSR count). The van der Waals surface area contributed by atoms with Gasteiger partial charge in [0.05, 0.1) is 11.6 Å².